The highest BCUT2D eigenvalue weighted by molar-refractivity contribution is 7.89. The number of sulfonamides is 1. The molecule has 0 radical (unpaired) electrons. The van der Waals surface area contributed by atoms with Gasteiger partial charge in [-0.3, -0.25) is 4.79 Å². The van der Waals surface area contributed by atoms with Crippen LogP contribution < -0.4 is 9.46 Å². The lowest BCUT2D eigenvalue weighted by molar-refractivity contribution is 0.0634. The van der Waals surface area contributed by atoms with Crippen LogP contribution >= 0.6 is 11.6 Å². The molecule has 0 bridgehead atoms. The molecule has 1 unspecified atom stereocenters. The Balaban J connectivity index is 1.49. The lowest BCUT2D eigenvalue weighted by Gasteiger charge is -2.29. The van der Waals surface area contributed by atoms with E-state index in [4.69, 9.17) is 25.5 Å². The zero-order chi connectivity index (χ0) is 29.9. The summed E-state index contributed by atoms with van der Waals surface area (Å²) in [5.74, 6) is 0.433. The summed E-state index contributed by atoms with van der Waals surface area (Å²) in [4.78, 5) is 16.0. The van der Waals surface area contributed by atoms with Crippen LogP contribution in [0.3, 0.4) is 0 Å². The second kappa shape index (κ2) is 12.7. The summed E-state index contributed by atoms with van der Waals surface area (Å²) in [6.07, 6.45) is 1.68. The van der Waals surface area contributed by atoms with Crippen molar-refractivity contribution in [1.82, 2.24) is 9.62 Å². The van der Waals surface area contributed by atoms with Crippen molar-refractivity contribution in [2.45, 2.75) is 43.7 Å². The number of phenolic OH excluding ortho intramolecular Hbond substituents is 1. The molecule has 0 spiro atoms. The van der Waals surface area contributed by atoms with Crippen LogP contribution in [-0.4, -0.2) is 57.2 Å². The number of benzene rings is 3. The summed E-state index contributed by atoms with van der Waals surface area (Å²) in [5, 5.41) is 11.0. The van der Waals surface area contributed by atoms with Crippen molar-refractivity contribution in [1.29, 1.82) is 0 Å². The van der Waals surface area contributed by atoms with Crippen molar-refractivity contribution in [3.05, 3.63) is 88.1 Å². The Kier molecular flexibility index (Phi) is 9.08. The van der Waals surface area contributed by atoms with Crippen molar-refractivity contribution in [3.63, 3.8) is 0 Å². The third-order valence-corrected chi connectivity index (χ3v) is 8.96. The number of nitrogens with zero attached hydrogens (tertiary/aromatic N) is 1. The van der Waals surface area contributed by atoms with Gasteiger partial charge in [-0.1, -0.05) is 24.6 Å². The average Bonchev–Trinajstić information content (AvgIpc) is 3.59. The summed E-state index contributed by atoms with van der Waals surface area (Å²) in [5.41, 5.74) is 3.04. The summed E-state index contributed by atoms with van der Waals surface area (Å²) in [6.45, 7) is 3.15. The SMILES string of the molecule is CCCNS(=O)(=O)c1ccc2c(c1)CC(N(Cc1cc(Cl)ccc1OCCOC)C(=O)c1cc3cc(O)ccc3o1)C2. The minimum Gasteiger partial charge on any atom is -0.508 e. The van der Waals surface area contributed by atoms with Gasteiger partial charge in [0.15, 0.2) is 5.76 Å². The lowest BCUT2D eigenvalue weighted by Crippen LogP contribution is -2.40. The standard InChI is InChI=1S/C31H33ClN2O7S/c1-3-10-33-42(37,38)27-7-4-20-14-25(15-21(20)17-27)34(19-23-13-24(32)5-8-28(23)40-12-11-39-2)31(36)30-18-22-16-26(35)6-9-29(22)41-30/h4-9,13,16-18,25,33,35H,3,10-12,14-15,19H2,1-2H3. The predicted molar refractivity (Wildman–Crippen MR) is 160 cm³/mol. The molecule has 1 atom stereocenters. The largest absolute Gasteiger partial charge is 0.508 e. The molecule has 11 heteroatoms. The van der Waals surface area contributed by atoms with Crippen molar-refractivity contribution in [3.8, 4) is 11.5 Å². The zero-order valence-corrected chi connectivity index (χ0v) is 25.0. The van der Waals surface area contributed by atoms with Crippen LogP contribution in [0.4, 0.5) is 0 Å². The van der Waals surface area contributed by atoms with Crippen molar-refractivity contribution < 1.29 is 32.2 Å². The van der Waals surface area contributed by atoms with E-state index in [2.05, 4.69) is 4.72 Å². The van der Waals surface area contributed by atoms with E-state index in [1.807, 2.05) is 13.0 Å². The van der Waals surface area contributed by atoms with Crippen molar-refractivity contribution in [2.75, 3.05) is 26.9 Å². The number of furan rings is 1. The quantitative estimate of drug-likeness (QED) is 0.208. The van der Waals surface area contributed by atoms with Gasteiger partial charge in [-0.2, -0.15) is 0 Å². The molecule has 1 amide bonds. The number of carbonyl (C=O) groups is 1. The van der Waals surface area contributed by atoms with Gasteiger partial charge in [0.2, 0.25) is 10.0 Å². The summed E-state index contributed by atoms with van der Waals surface area (Å²) >= 11 is 6.37. The number of carbonyl (C=O) groups excluding carboxylic acids is 1. The Morgan fingerprint density at radius 3 is 2.67 bits per heavy atom. The number of aromatic hydroxyl groups is 1. The number of hydrogen-bond acceptors (Lipinski definition) is 7. The molecule has 4 aromatic rings. The average molecular weight is 613 g/mol. The molecule has 9 nitrogen and oxygen atoms in total. The number of ether oxygens (including phenoxy) is 2. The van der Waals surface area contributed by atoms with Gasteiger partial charge in [-0.05, 0) is 85.0 Å². The van der Waals surface area contributed by atoms with E-state index in [1.54, 1.807) is 60.5 Å². The molecular formula is C31H33ClN2O7S. The number of phenols is 1. The van der Waals surface area contributed by atoms with Crippen LogP contribution in [-0.2, 0) is 34.1 Å². The van der Waals surface area contributed by atoms with Gasteiger partial charge in [-0.15, -0.1) is 0 Å². The first-order valence-corrected chi connectivity index (χ1v) is 15.6. The van der Waals surface area contributed by atoms with Crippen LogP contribution in [0, 0.1) is 0 Å². The first-order chi connectivity index (χ1) is 20.2. The molecule has 1 aromatic heterocycles. The maximum atomic E-state index is 14.1. The summed E-state index contributed by atoms with van der Waals surface area (Å²) in [7, 11) is -2.05. The molecular weight excluding hydrogens is 580 g/mol. The Hall–Kier alpha value is -3.57. The number of methoxy groups -OCH3 is 1. The van der Waals surface area contributed by atoms with E-state index < -0.39 is 10.0 Å². The van der Waals surface area contributed by atoms with E-state index in [1.165, 1.54) is 6.07 Å². The van der Waals surface area contributed by atoms with Gasteiger partial charge in [0.05, 0.1) is 18.0 Å². The highest BCUT2D eigenvalue weighted by atomic mass is 35.5. The first-order valence-electron chi connectivity index (χ1n) is 13.7. The van der Waals surface area contributed by atoms with Gasteiger partial charge >= 0.3 is 0 Å². The number of amides is 1. The Labute approximate surface area is 250 Å². The molecule has 2 N–H and O–H groups in total. The van der Waals surface area contributed by atoms with E-state index in [-0.39, 0.29) is 34.9 Å². The number of nitrogens with one attached hydrogen (secondary N) is 1. The third kappa shape index (κ3) is 6.57. The van der Waals surface area contributed by atoms with Gasteiger partial charge in [-0.25, -0.2) is 13.1 Å². The first kappa shape index (κ1) is 29.9. The van der Waals surface area contributed by atoms with Gasteiger partial charge in [0.1, 0.15) is 23.7 Å². The Morgan fingerprint density at radius 2 is 1.88 bits per heavy atom. The van der Waals surface area contributed by atoms with E-state index in [0.29, 0.717) is 66.3 Å². The fourth-order valence-corrected chi connectivity index (χ4v) is 6.53. The van der Waals surface area contributed by atoms with Crippen molar-refractivity contribution >= 4 is 38.5 Å². The minimum atomic E-state index is -3.64. The second-order valence-electron chi connectivity index (χ2n) is 10.2. The molecule has 5 rings (SSSR count). The highest BCUT2D eigenvalue weighted by Gasteiger charge is 2.33. The molecule has 222 valence electrons. The molecule has 3 aromatic carbocycles. The molecule has 0 aliphatic heterocycles. The topological polar surface area (TPSA) is 118 Å². The Morgan fingerprint density at radius 1 is 1.07 bits per heavy atom. The maximum absolute atomic E-state index is 14.1. The third-order valence-electron chi connectivity index (χ3n) is 7.26. The summed E-state index contributed by atoms with van der Waals surface area (Å²) < 4.78 is 45.2. The number of hydrogen-bond donors (Lipinski definition) is 2. The minimum absolute atomic E-state index is 0.0707. The van der Waals surface area contributed by atoms with Gasteiger partial charge < -0.3 is 23.9 Å². The van der Waals surface area contributed by atoms with Crippen LogP contribution in [0.1, 0.15) is 40.6 Å². The number of fused-ring (bicyclic) bond motifs is 2. The van der Waals surface area contributed by atoms with E-state index in [9.17, 15) is 18.3 Å². The molecule has 0 saturated carbocycles. The van der Waals surface area contributed by atoms with Crippen LogP contribution in [0.15, 0.2) is 70.0 Å². The van der Waals surface area contributed by atoms with Gasteiger partial charge in [0.25, 0.3) is 5.91 Å². The smallest absolute Gasteiger partial charge is 0.290 e. The van der Waals surface area contributed by atoms with E-state index in [0.717, 1.165) is 11.1 Å². The normalized spacial score (nSPS) is 14.7. The number of rotatable bonds is 12. The van der Waals surface area contributed by atoms with Crippen LogP contribution in [0.25, 0.3) is 11.0 Å². The molecule has 1 aliphatic carbocycles. The fraction of sp³-hybridized carbons (Fsp3) is 0.323. The lowest BCUT2D eigenvalue weighted by atomic mass is 10.1. The molecule has 1 aliphatic rings. The highest BCUT2D eigenvalue weighted by Crippen LogP contribution is 2.33. The molecule has 0 saturated heterocycles. The monoisotopic (exact) mass is 612 g/mol. The zero-order valence-electron chi connectivity index (χ0n) is 23.4. The predicted octanol–water partition coefficient (Wildman–Crippen LogP) is 5.32. The molecule has 42 heavy (non-hydrogen) atoms. The van der Waals surface area contributed by atoms with Crippen LogP contribution in [0.2, 0.25) is 5.02 Å². The molecule has 1 heterocycles. The number of halogens is 1. The fourth-order valence-electron chi connectivity index (χ4n) is 5.15. The Bertz CT molecular complexity index is 1700. The van der Waals surface area contributed by atoms with E-state index >= 15 is 0 Å². The second-order valence-corrected chi connectivity index (χ2v) is 12.5. The summed E-state index contributed by atoms with van der Waals surface area (Å²) in [6, 6.07) is 16.4. The van der Waals surface area contributed by atoms with Gasteiger partial charge in [0, 0.05) is 35.7 Å². The molecule has 0 fully saturated rings. The van der Waals surface area contributed by atoms with Crippen molar-refractivity contribution in [2.24, 2.45) is 0 Å². The van der Waals surface area contributed by atoms with Crippen LogP contribution in [0.5, 0.6) is 11.5 Å². The maximum Gasteiger partial charge on any atom is 0.290 e.